The standard InChI is InChI=1S/C64H125NO3/c1-3-5-7-9-11-13-15-17-19-21-23-25-27-29-31-33-35-37-39-41-43-45-47-49-51-53-55-57-59-63(67)62(61-66)65-64(68)60-58-56-54-52-50-48-46-44-42-40-38-36-34-32-30-28-26-24-22-20-18-16-14-12-10-8-6-4-2/h49,51,57,59,62-63,66-67H,3-48,50,52-56,58,60-61H2,1-2H3,(H,65,68)/b51-49+,59-57+. The molecule has 4 nitrogen and oxygen atoms in total. The summed E-state index contributed by atoms with van der Waals surface area (Å²) in [5.74, 6) is -0.0651. The zero-order valence-corrected chi connectivity index (χ0v) is 46.7. The molecule has 0 aliphatic rings. The van der Waals surface area contributed by atoms with Gasteiger partial charge >= 0.3 is 0 Å². The van der Waals surface area contributed by atoms with Gasteiger partial charge in [-0.2, -0.15) is 0 Å². The third-order valence-corrected chi connectivity index (χ3v) is 14.9. The van der Waals surface area contributed by atoms with Crippen LogP contribution in [0.3, 0.4) is 0 Å². The zero-order valence-electron chi connectivity index (χ0n) is 46.7. The molecule has 0 aliphatic carbocycles. The molecule has 4 heteroatoms. The second-order valence-corrected chi connectivity index (χ2v) is 21.8. The van der Waals surface area contributed by atoms with Crippen molar-refractivity contribution in [3.05, 3.63) is 24.3 Å². The van der Waals surface area contributed by atoms with Crippen molar-refractivity contribution < 1.29 is 15.0 Å². The fourth-order valence-corrected chi connectivity index (χ4v) is 10.1. The fraction of sp³-hybridized carbons (Fsp3) is 0.922. The Kier molecular flexibility index (Phi) is 59.2. The Labute approximate surface area is 428 Å². The van der Waals surface area contributed by atoms with Crippen LogP contribution in [0.2, 0.25) is 0 Å². The summed E-state index contributed by atoms with van der Waals surface area (Å²) in [7, 11) is 0. The minimum atomic E-state index is -0.861. The monoisotopic (exact) mass is 956 g/mol. The van der Waals surface area contributed by atoms with Crippen molar-refractivity contribution in [3.8, 4) is 0 Å². The van der Waals surface area contributed by atoms with Crippen molar-refractivity contribution >= 4 is 5.91 Å². The average molecular weight is 957 g/mol. The number of allylic oxidation sites excluding steroid dienone is 3. The molecule has 2 atom stereocenters. The normalized spacial score (nSPS) is 12.8. The lowest BCUT2D eigenvalue weighted by molar-refractivity contribution is -0.123. The second-order valence-electron chi connectivity index (χ2n) is 21.8. The molecule has 0 aromatic heterocycles. The third-order valence-electron chi connectivity index (χ3n) is 14.9. The first-order chi connectivity index (χ1) is 33.7. The van der Waals surface area contributed by atoms with Crippen LogP contribution >= 0.6 is 0 Å². The molecule has 0 aliphatic heterocycles. The minimum absolute atomic E-state index is 0.0651. The number of unbranched alkanes of at least 4 members (excludes halogenated alkanes) is 50. The molecule has 2 unspecified atom stereocenters. The van der Waals surface area contributed by atoms with E-state index in [1.807, 2.05) is 6.08 Å². The molecule has 0 radical (unpaired) electrons. The van der Waals surface area contributed by atoms with Gasteiger partial charge in [-0.25, -0.2) is 0 Å². The van der Waals surface area contributed by atoms with Gasteiger partial charge in [0, 0.05) is 6.42 Å². The van der Waals surface area contributed by atoms with E-state index in [0.29, 0.717) is 6.42 Å². The van der Waals surface area contributed by atoms with Gasteiger partial charge in [-0.15, -0.1) is 0 Å². The van der Waals surface area contributed by atoms with Gasteiger partial charge in [-0.3, -0.25) is 4.79 Å². The van der Waals surface area contributed by atoms with Crippen molar-refractivity contribution in [3.63, 3.8) is 0 Å². The average Bonchev–Trinajstić information content (AvgIpc) is 3.34. The largest absolute Gasteiger partial charge is 0.394 e. The van der Waals surface area contributed by atoms with Crippen LogP contribution in [0.25, 0.3) is 0 Å². The maximum atomic E-state index is 12.5. The highest BCUT2D eigenvalue weighted by molar-refractivity contribution is 5.76. The molecular formula is C64H125NO3. The van der Waals surface area contributed by atoms with Gasteiger partial charge in [0.1, 0.15) is 0 Å². The highest BCUT2D eigenvalue weighted by Crippen LogP contribution is 2.19. The number of amides is 1. The Morgan fingerprint density at radius 2 is 0.574 bits per heavy atom. The van der Waals surface area contributed by atoms with Crippen molar-refractivity contribution in [1.29, 1.82) is 0 Å². The first-order valence-electron chi connectivity index (χ1n) is 31.6. The van der Waals surface area contributed by atoms with E-state index in [2.05, 4.69) is 31.3 Å². The van der Waals surface area contributed by atoms with Gasteiger partial charge in [0.25, 0.3) is 0 Å². The van der Waals surface area contributed by atoms with E-state index < -0.39 is 12.1 Å². The van der Waals surface area contributed by atoms with Crippen LogP contribution in [0.15, 0.2) is 24.3 Å². The molecule has 0 spiro atoms. The number of rotatable bonds is 59. The zero-order chi connectivity index (χ0) is 49.2. The van der Waals surface area contributed by atoms with E-state index in [1.54, 1.807) is 6.08 Å². The minimum Gasteiger partial charge on any atom is -0.394 e. The quantitative estimate of drug-likeness (QED) is 0.0420. The van der Waals surface area contributed by atoms with Crippen molar-refractivity contribution in [2.24, 2.45) is 0 Å². The molecule has 68 heavy (non-hydrogen) atoms. The summed E-state index contributed by atoms with van der Waals surface area (Å²) < 4.78 is 0. The summed E-state index contributed by atoms with van der Waals surface area (Å²) in [6, 6.07) is -0.637. The summed E-state index contributed by atoms with van der Waals surface area (Å²) >= 11 is 0. The Morgan fingerprint density at radius 3 is 0.853 bits per heavy atom. The molecule has 0 rings (SSSR count). The Hall–Kier alpha value is -1.13. The maximum absolute atomic E-state index is 12.5. The molecule has 0 saturated carbocycles. The van der Waals surface area contributed by atoms with Gasteiger partial charge in [-0.1, -0.05) is 346 Å². The molecule has 3 N–H and O–H groups in total. The third kappa shape index (κ3) is 55.8. The number of aliphatic hydroxyl groups is 2. The number of hydrogen-bond acceptors (Lipinski definition) is 3. The van der Waals surface area contributed by atoms with Gasteiger partial charge in [0.2, 0.25) is 5.91 Å². The van der Waals surface area contributed by atoms with E-state index in [1.165, 1.54) is 308 Å². The van der Waals surface area contributed by atoms with Gasteiger partial charge in [0.05, 0.1) is 18.8 Å². The first-order valence-corrected chi connectivity index (χ1v) is 31.6. The fourth-order valence-electron chi connectivity index (χ4n) is 10.1. The summed E-state index contributed by atoms with van der Waals surface area (Å²) in [5, 5.41) is 23.2. The highest BCUT2D eigenvalue weighted by atomic mass is 16.3. The van der Waals surface area contributed by atoms with Gasteiger partial charge in [0.15, 0.2) is 0 Å². The van der Waals surface area contributed by atoms with Crippen LogP contribution in [-0.2, 0) is 4.79 Å². The molecular weight excluding hydrogens is 831 g/mol. The van der Waals surface area contributed by atoms with Crippen molar-refractivity contribution in [1.82, 2.24) is 5.32 Å². The van der Waals surface area contributed by atoms with Crippen LogP contribution < -0.4 is 5.32 Å². The molecule has 0 saturated heterocycles. The Morgan fingerprint density at radius 1 is 0.338 bits per heavy atom. The van der Waals surface area contributed by atoms with Gasteiger partial charge in [-0.05, 0) is 32.1 Å². The van der Waals surface area contributed by atoms with E-state index in [9.17, 15) is 15.0 Å². The first kappa shape index (κ1) is 66.9. The summed E-state index contributed by atoms with van der Waals surface area (Å²) in [6.45, 7) is 4.35. The number of carbonyl (C=O) groups is 1. The summed E-state index contributed by atoms with van der Waals surface area (Å²) in [4.78, 5) is 12.5. The molecule has 404 valence electrons. The predicted molar refractivity (Wildman–Crippen MR) is 304 cm³/mol. The molecule has 0 heterocycles. The summed E-state index contributed by atoms with van der Waals surface area (Å²) in [5.41, 5.74) is 0. The molecule has 0 aromatic rings. The smallest absolute Gasteiger partial charge is 0.220 e. The number of nitrogens with one attached hydrogen (secondary N) is 1. The molecule has 0 fully saturated rings. The number of hydrogen-bond donors (Lipinski definition) is 3. The van der Waals surface area contributed by atoms with Crippen molar-refractivity contribution in [2.75, 3.05) is 6.61 Å². The molecule has 1 amide bonds. The number of carbonyl (C=O) groups excluding carboxylic acids is 1. The predicted octanol–water partition coefficient (Wildman–Crippen LogP) is 21.0. The van der Waals surface area contributed by atoms with Crippen LogP contribution in [-0.4, -0.2) is 34.9 Å². The van der Waals surface area contributed by atoms with Crippen LogP contribution in [0.1, 0.15) is 361 Å². The van der Waals surface area contributed by atoms with E-state index in [0.717, 1.165) is 32.1 Å². The lowest BCUT2D eigenvalue weighted by atomic mass is 10.0. The Balaban J connectivity index is 3.46. The summed E-state index contributed by atoms with van der Waals surface area (Å²) in [6.07, 6.45) is 81.0. The highest BCUT2D eigenvalue weighted by Gasteiger charge is 2.18. The van der Waals surface area contributed by atoms with Crippen molar-refractivity contribution in [2.45, 2.75) is 373 Å². The molecule has 0 bridgehead atoms. The number of aliphatic hydroxyl groups excluding tert-OH is 2. The van der Waals surface area contributed by atoms with E-state index in [-0.39, 0.29) is 12.5 Å². The maximum Gasteiger partial charge on any atom is 0.220 e. The van der Waals surface area contributed by atoms with Crippen LogP contribution in [0, 0.1) is 0 Å². The Bertz CT molecular complexity index is 994. The van der Waals surface area contributed by atoms with E-state index in [4.69, 9.17) is 0 Å². The lowest BCUT2D eigenvalue weighted by Crippen LogP contribution is -2.45. The van der Waals surface area contributed by atoms with E-state index >= 15 is 0 Å². The van der Waals surface area contributed by atoms with Crippen LogP contribution in [0.5, 0.6) is 0 Å². The SMILES string of the molecule is CCCCCCCCCCCCCCCCCCCCCCCC/C=C/CC/C=C/C(O)C(CO)NC(=O)CCCCCCCCCCCCCCCCCCCCCCCCCCCCCC. The topological polar surface area (TPSA) is 69.6 Å². The lowest BCUT2D eigenvalue weighted by Gasteiger charge is -2.19. The van der Waals surface area contributed by atoms with Crippen LogP contribution in [0.4, 0.5) is 0 Å². The molecule has 0 aromatic carbocycles. The van der Waals surface area contributed by atoms with Gasteiger partial charge < -0.3 is 15.5 Å². The second kappa shape index (κ2) is 60.2.